The minimum atomic E-state index is -0.190. The summed E-state index contributed by atoms with van der Waals surface area (Å²) in [7, 11) is 1.98. The number of rotatable bonds is 5. The fourth-order valence-electron chi connectivity index (χ4n) is 1.93. The van der Waals surface area contributed by atoms with E-state index in [4.69, 9.17) is 0 Å². The summed E-state index contributed by atoms with van der Waals surface area (Å²) in [6, 6.07) is 6.84. The topological polar surface area (TPSA) is 29.9 Å². The molecule has 0 saturated heterocycles. The van der Waals surface area contributed by atoms with Gasteiger partial charge in [-0.15, -0.1) is 0 Å². The van der Waals surface area contributed by atoms with Crippen molar-refractivity contribution >= 4 is 0 Å². The highest BCUT2D eigenvalue weighted by atomic mass is 19.1. The molecule has 0 aliphatic carbocycles. The summed E-state index contributed by atoms with van der Waals surface area (Å²) in [5.41, 5.74) is 0.967. The van der Waals surface area contributed by atoms with Crippen LogP contribution < -0.4 is 5.32 Å². The van der Waals surface area contributed by atoms with Gasteiger partial charge in [0.05, 0.1) is 0 Å². The van der Waals surface area contributed by atoms with Gasteiger partial charge in [-0.1, -0.05) is 12.1 Å². The van der Waals surface area contributed by atoms with Crippen LogP contribution in [0.1, 0.15) is 24.4 Å². The Hall–Kier alpha value is -1.68. The van der Waals surface area contributed by atoms with E-state index in [9.17, 15) is 4.39 Å². The Bertz CT molecular complexity index is 507. The van der Waals surface area contributed by atoms with Gasteiger partial charge in [-0.2, -0.15) is 0 Å². The molecule has 1 atom stereocenters. The van der Waals surface area contributed by atoms with Crippen molar-refractivity contribution in [1.29, 1.82) is 0 Å². The van der Waals surface area contributed by atoms with Crippen LogP contribution in [-0.4, -0.2) is 16.1 Å². The van der Waals surface area contributed by atoms with Crippen LogP contribution in [0, 0.1) is 5.82 Å². The van der Waals surface area contributed by atoms with Gasteiger partial charge < -0.3 is 9.88 Å². The first-order chi connectivity index (χ1) is 8.66. The average Bonchev–Trinajstić information content (AvgIpc) is 2.75. The molecular formula is C14H18FN3. The first-order valence-electron chi connectivity index (χ1n) is 6.12. The van der Waals surface area contributed by atoms with E-state index in [0.717, 1.165) is 24.4 Å². The SMILES string of the molecule is C[C@@H](NCCc1nccn1C)c1cccc(F)c1. The number of benzene rings is 1. The number of aryl methyl sites for hydroxylation is 1. The van der Waals surface area contributed by atoms with Crippen molar-refractivity contribution in [1.82, 2.24) is 14.9 Å². The van der Waals surface area contributed by atoms with Crippen LogP contribution in [0.4, 0.5) is 4.39 Å². The number of nitrogens with one attached hydrogen (secondary N) is 1. The van der Waals surface area contributed by atoms with Gasteiger partial charge in [0.2, 0.25) is 0 Å². The molecule has 1 aromatic heterocycles. The number of imidazole rings is 1. The van der Waals surface area contributed by atoms with E-state index in [1.54, 1.807) is 18.3 Å². The van der Waals surface area contributed by atoms with Crippen LogP contribution >= 0.6 is 0 Å². The van der Waals surface area contributed by atoms with E-state index >= 15 is 0 Å². The van der Waals surface area contributed by atoms with Crippen LogP contribution in [0.5, 0.6) is 0 Å². The lowest BCUT2D eigenvalue weighted by Gasteiger charge is -2.14. The van der Waals surface area contributed by atoms with Crippen molar-refractivity contribution in [2.45, 2.75) is 19.4 Å². The average molecular weight is 247 g/mol. The number of nitrogens with zero attached hydrogens (tertiary/aromatic N) is 2. The zero-order chi connectivity index (χ0) is 13.0. The Kier molecular flexibility index (Phi) is 4.10. The van der Waals surface area contributed by atoms with Gasteiger partial charge in [-0.3, -0.25) is 0 Å². The van der Waals surface area contributed by atoms with E-state index < -0.39 is 0 Å². The zero-order valence-electron chi connectivity index (χ0n) is 10.7. The predicted octanol–water partition coefficient (Wildman–Crippen LogP) is 2.45. The normalized spacial score (nSPS) is 12.6. The summed E-state index contributed by atoms with van der Waals surface area (Å²) in [4.78, 5) is 4.26. The van der Waals surface area contributed by atoms with E-state index in [-0.39, 0.29) is 11.9 Å². The van der Waals surface area contributed by atoms with Crippen LogP contribution in [0.15, 0.2) is 36.7 Å². The Morgan fingerprint density at radius 2 is 2.28 bits per heavy atom. The maximum atomic E-state index is 13.1. The summed E-state index contributed by atoms with van der Waals surface area (Å²) in [6.45, 7) is 2.86. The van der Waals surface area contributed by atoms with Crippen molar-refractivity contribution in [3.8, 4) is 0 Å². The maximum Gasteiger partial charge on any atom is 0.123 e. The molecular weight excluding hydrogens is 229 g/mol. The highest BCUT2D eigenvalue weighted by Crippen LogP contribution is 2.13. The minimum Gasteiger partial charge on any atom is -0.338 e. The molecule has 0 radical (unpaired) electrons. The molecule has 18 heavy (non-hydrogen) atoms. The molecule has 0 aliphatic heterocycles. The quantitative estimate of drug-likeness (QED) is 0.879. The molecule has 0 saturated carbocycles. The molecule has 1 aromatic carbocycles. The van der Waals surface area contributed by atoms with Crippen molar-refractivity contribution < 1.29 is 4.39 Å². The van der Waals surface area contributed by atoms with Gasteiger partial charge in [0, 0.05) is 38.4 Å². The molecule has 3 nitrogen and oxygen atoms in total. The second-order valence-electron chi connectivity index (χ2n) is 4.44. The summed E-state index contributed by atoms with van der Waals surface area (Å²) in [5, 5.41) is 3.37. The molecule has 0 amide bonds. The lowest BCUT2D eigenvalue weighted by atomic mass is 10.1. The van der Waals surface area contributed by atoms with Gasteiger partial charge in [-0.25, -0.2) is 9.37 Å². The van der Waals surface area contributed by atoms with E-state index in [0.29, 0.717) is 0 Å². The van der Waals surface area contributed by atoms with Crippen LogP contribution in [-0.2, 0) is 13.5 Å². The van der Waals surface area contributed by atoms with Crippen molar-refractivity contribution in [3.63, 3.8) is 0 Å². The molecule has 0 fully saturated rings. The Morgan fingerprint density at radius 3 is 2.94 bits per heavy atom. The number of aromatic nitrogens is 2. The Labute approximate surface area is 107 Å². The third-order valence-electron chi connectivity index (χ3n) is 3.07. The highest BCUT2D eigenvalue weighted by molar-refractivity contribution is 5.19. The Morgan fingerprint density at radius 1 is 1.44 bits per heavy atom. The molecule has 2 rings (SSSR count). The van der Waals surface area contributed by atoms with Crippen molar-refractivity contribution in [2.75, 3.05) is 6.54 Å². The predicted molar refractivity (Wildman–Crippen MR) is 69.7 cm³/mol. The van der Waals surface area contributed by atoms with Crippen molar-refractivity contribution in [2.24, 2.45) is 7.05 Å². The number of hydrogen-bond acceptors (Lipinski definition) is 2. The molecule has 96 valence electrons. The molecule has 1 N–H and O–H groups in total. The number of hydrogen-bond donors (Lipinski definition) is 1. The van der Waals surface area contributed by atoms with Crippen LogP contribution in [0.3, 0.4) is 0 Å². The fourth-order valence-corrected chi connectivity index (χ4v) is 1.93. The minimum absolute atomic E-state index is 0.140. The molecule has 0 bridgehead atoms. The Balaban J connectivity index is 1.85. The second-order valence-corrected chi connectivity index (χ2v) is 4.44. The third kappa shape index (κ3) is 3.17. The first-order valence-corrected chi connectivity index (χ1v) is 6.12. The molecule has 0 spiro atoms. The third-order valence-corrected chi connectivity index (χ3v) is 3.07. The summed E-state index contributed by atoms with van der Waals surface area (Å²) < 4.78 is 15.1. The molecule has 1 heterocycles. The van der Waals surface area contributed by atoms with Gasteiger partial charge >= 0.3 is 0 Å². The van der Waals surface area contributed by atoms with Crippen molar-refractivity contribution in [3.05, 3.63) is 53.9 Å². The van der Waals surface area contributed by atoms with Gasteiger partial charge in [0.1, 0.15) is 11.6 Å². The smallest absolute Gasteiger partial charge is 0.123 e. The number of halogens is 1. The molecule has 2 aromatic rings. The second kappa shape index (κ2) is 5.78. The molecule has 0 unspecified atom stereocenters. The largest absolute Gasteiger partial charge is 0.338 e. The highest BCUT2D eigenvalue weighted by Gasteiger charge is 2.06. The standard InChI is InChI=1S/C14H18FN3/c1-11(12-4-3-5-13(15)10-12)16-7-6-14-17-8-9-18(14)2/h3-5,8-11,16H,6-7H2,1-2H3/t11-/m1/s1. The zero-order valence-corrected chi connectivity index (χ0v) is 10.7. The van der Waals surface area contributed by atoms with E-state index in [2.05, 4.69) is 10.3 Å². The maximum absolute atomic E-state index is 13.1. The molecule has 4 heteroatoms. The molecule has 0 aliphatic rings. The van der Waals surface area contributed by atoms with Gasteiger partial charge in [-0.05, 0) is 24.6 Å². The lowest BCUT2D eigenvalue weighted by Crippen LogP contribution is -2.22. The van der Waals surface area contributed by atoms with E-state index in [1.807, 2.05) is 30.8 Å². The summed E-state index contributed by atoms with van der Waals surface area (Å²) in [6.07, 6.45) is 4.60. The fraction of sp³-hybridized carbons (Fsp3) is 0.357. The monoisotopic (exact) mass is 247 g/mol. The lowest BCUT2D eigenvalue weighted by molar-refractivity contribution is 0.557. The first kappa shape index (κ1) is 12.8. The summed E-state index contributed by atoms with van der Waals surface area (Å²) >= 11 is 0. The van der Waals surface area contributed by atoms with E-state index in [1.165, 1.54) is 6.07 Å². The van der Waals surface area contributed by atoms with Crippen LogP contribution in [0.2, 0.25) is 0 Å². The van der Waals surface area contributed by atoms with Crippen LogP contribution in [0.25, 0.3) is 0 Å². The summed E-state index contributed by atoms with van der Waals surface area (Å²) in [5.74, 6) is 0.860. The van der Waals surface area contributed by atoms with Gasteiger partial charge in [0.15, 0.2) is 0 Å². The van der Waals surface area contributed by atoms with Gasteiger partial charge in [0.25, 0.3) is 0 Å².